The molecule has 5 heteroatoms. The van der Waals surface area contributed by atoms with Gasteiger partial charge in [0.2, 0.25) is 5.82 Å². The summed E-state index contributed by atoms with van der Waals surface area (Å²) < 4.78 is 12.8. The molecule has 0 saturated heterocycles. The molecule has 1 aromatic rings. The number of rotatable bonds is 3. The van der Waals surface area contributed by atoms with Gasteiger partial charge in [0.1, 0.15) is 6.29 Å². The van der Waals surface area contributed by atoms with Gasteiger partial charge in [-0.25, -0.2) is 0 Å². The monoisotopic (exact) mass is 195 g/mol. The summed E-state index contributed by atoms with van der Waals surface area (Å²) in [5.74, 6) is -0.891. The van der Waals surface area contributed by atoms with E-state index in [1.54, 1.807) is 0 Å². The first-order valence-corrected chi connectivity index (χ1v) is 3.71. The topological polar surface area (TPSA) is 60.2 Å². The van der Waals surface area contributed by atoms with Gasteiger partial charge in [-0.05, 0) is 17.7 Å². The van der Waals surface area contributed by atoms with E-state index in [-0.39, 0.29) is 0 Å². The maximum atomic E-state index is 12.8. The first-order chi connectivity index (χ1) is 6.65. The van der Waals surface area contributed by atoms with Crippen molar-refractivity contribution in [3.63, 3.8) is 0 Å². The summed E-state index contributed by atoms with van der Waals surface area (Å²) in [5.41, 5.74) is -0.191. The molecule has 1 rings (SSSR count). The normalized spacial score (nSPS) is 10.4. The van der Waals surface area contributed by atoms with Crippen LogP contribution in [0.15, 0.2) is 24.3 Å². The highest BCUT2D eigenvalue weighted by Gasteiger charge is 2.12. The highest BCUT2D eigenvalue weighted by atomic mass is 19.1. The highest BCUT2D eigenvalue weighted by molar-refractivity contribution is 5.74. The second kappa shape index (κ2) is 4.27. The van der Waals surface area contributed by atoms with Gasteiger partial charge in [-0.15, -0.1) is 0 Å². The van der Waals surface area contributed by atoms with Gasteiger partial charge in [-0.3, -0.25) is 14.9 Å². The van der Waals surface area contributed by atoms with Crippen LogP contribution in [0.5, 0.6) is 0 Å². The van der Waals surface area contributed by atoms with Crippen LogP contribution in [0.25, 0.3) is 6.08 Å². The lowest BCUT2D eigenvalue weighted by molar-refractivity contribution is -0.387. The van der Waals surface area contributed by atoms with Gasteiger partial charge >= 0.3 is 5.69 Å². The van der Waals surface area contributed by atoms with Crippen molar-refractivity contribution in [2.24, 2.45) is 0 Å². The van der Waals surface area contributed by atoms with E-state index in [0.717, 1.165) is 12.1 Å². The van der Waals surface area contributed by atoms with Crippen LogP contribution in [-0.4, -0.2) is 11.2 Å². The molecule has 0 aliphatic heterocycles. The van der Waals surface area contributed by atoms with Gasteiger partial charge < -0.3 is 0 Å². The average molecular weight is 195 g/mol. The number of allylic oxidation sites excluding steroid dienone is 1. The van der Waals surface area contributed by atoms with E-state index in [4.69, 9.17) is 0 Å². The first-order valence-electron chi connectivity index (χ1n) is 3.71. The van der Waals surface area contributed by atoms with E-state index in [9.17, 15) is 19.3 Å². The van der Waals surface area contributed by atoms with Crippen molar-refractivity contribution >= 4 is 18.0 Å². The largest absolute Gasteiger partial charge is 0.305 e. The number of nitrogens with zero attached hydrogens (tertiary/aromatic N) is 1. The standard InChI is InChI=1S/C9H6FNO3/c10-8-4-3-7(2-1-5-12)6-9(8)11(13)14/h1-6H. The van der Waals surface area contributed by atoms with Gasteiger partial charge in [0.25, 0.3) is 0 Å². The number of benzene rings is 1. The second-order valence-corrected chi connectivity index (χ2v) is 2.46. The molecule has 0 spiro atoms. The van der Waals surface area contributed by atoms with Crippen molar-refractivity contribution < 1.29 is 14.1 Å². The van der Waals surface area contributed by atoms with E-state index < -0.39 is 16.4 Å². The fourth-order valence-electron chi connectivity index (χ4n) is 0.924. The van der Waals surface area contributed by atoms with Crippen LogP contribution in [0.3, 0.4) is 0 Å². The van der Waals surface area contributed by atoms with Crippen LogP contribution in [0.4, 0.5) is 10.1 Å². The Labute approximate surface area is 78.8 Å². The number of halogens is 1. The Bertz CT molecular complexity index is 401. The number of aldehydes is 1. The zero-order valence-electron chi connectivity index (χ0n) is 7.01. The second-order valence-electron chi connectivity index (χ2n) is 2.46. The van der Waals surface area contributed by atoms with Crippen molar-refractivity contribution in [3.8, 4) is 0 Å². The molecule has 72 valence electrons. The highest BCUT2D eigenvalue weighted by Crippen LogP contribution is 2.18. The molecular formula is C9H6FNO3. The molecule has 4 nitrogen and oxygen atoms in total. The molecule has 0 aliphatic carbocycles. The summed E-state index contributed by atoms with van der Waals surface area (Å²) >= 11 is 0. The van der Waals surface area contributed by atoms with Crippen molar-refractivity contribution in [2.45, 2.75) is 0 Å². The summed E-state index contributed by atoms with van der Waals surface area (Å²) in [4.78, 5) is 19.5. The van der Waals surface area contributed by atoms with Crippen molar-refractivity contribution in [1.82, 2.24) is 0 Å². The fraction of sp³-hybridized carbons (Fsp3) is 0. The molecule has 0 unspecified atom stereocenters. The molecule has 0 heterocycles. The SMILES string of the molecule is O=CC=Cc1ccc(F)c([N+](=O)[O-])c1. The van der Waals surface area contributed by atoms with Gasteiger partial charge in [0.15, 0.2) is 0 Å². The zero-order valence-corrected chi connectivity index (χ0v) is 7.01. The van der Waals surface area contributed by atoms with E-state index in [1.165, 1.54) is 18.2 Å². The minimum Gasteiger partial charge on any atom is -0.299 e. The molecule has 0 bridgehead atoms. The Hall–Kier alpha value is -2.04. The van der Waals surface area contributed by atoms with Crippen LogP contribution in [0.2, 0.25) is 0 Å². The van der Waals surface area contributed by atoms with E-state index in [1.807, 2.05) is 0 Å². The number of hydrogen-bond acceptors (Lipinski definition) is 3. The summed E-state index contributed by atoms with van der Waals surface area (Å²) in [6.45, 7) is 0. The van der Waals surface area contributed by atoms with Crippen LogP contribution in [-0.2, 0) is 4.79 Å². The molecule has 0 aliphatic rings. The third-order valence-electron chi connectivity index (χ3n) is 1.53. The minimum atomic E-state index is -0.891. The van der Waals surface area contributed by atoms with Gasteiger partial charge in [0.05, 0.1) is 4.92 Å². The summed E-state index contributed by atoms with van der Waals surface area (Å²) in [6.07, 6.45) is 3.07. The molecule has 0 aromatic heterocycles. The number of nitro benzene ring substituents is 1. The molecule has 1 aromatic carbocycles. The van der Waals surface area contributed by atoms with Gasteiger partial charge in [-0.2, -0.15) is 4.39 Å². The lowest BCUT2D eigenvalue weighted by atomic mass is 10.2. The molecule has 0 amide bonds. The number of carbonyl (C=O) groups is 1. The maximum absolute atomic E-state index is 12.8. The van der Waals surface area contributed by atoms with Crippen molar-refractivity contribution in [1.29, 1.82) is 0 Å². The maximum Gasteiger partial charge on any atom is 0.305 e. The minimum absolute atomic E-state index is 0.408. The third kappa shape index (κ3) is 2.22. The van der Waals surface area contributed by atoms with Gasteiger partial charge in [0, 0.05) is 6.07 Å². The quantitative estimate of drug-likeness (QED) is 0.320. The van der Waals surface area contributed by atoms with Crippen molar-refractivity contribution in [2.75, 3.05) is 0 Å². The molecule has 0 N–H and O–H groups in total. The van der Waals surface area contributed by atoms with E-state index in [0.29, 0.717) is 11.8 Å². The Morgan fingerprint density at radius 3 is 2.71 bits per heavy atom. The summed E-state index contributed by atoms with van der Waals surface area (Å²) in [6, 6.07) is 3.40. The molecule has 14 heavy (non-hydrogen) atoms. The Balaban J connectivity index is 3.12. The number of hydrogen-bond donors (Lipinski definition) is 0. The van der Waals surface area contributed by atoms with Crippen LogP contribution < -0.4 is 0 Å². The molecule has 0 atom stereocenters. The Morgan fingerprint density at radius 1 is 1.43 bits per heavy atom. The Kier molecular flexibility index (Phi) is 3.06. The first kappa shape index (κ1) is 10.0. The van der Waals surface area contributed by atoms with Crippen molar-refractivity contribution in [3.05, 3.63) is 45.8 Å². The summed E-state index contributed by atoms with van der Waals surface area (Å²) in [7, 11) is 0. The van der Waals surface area contributed by atoms with Gasteiger partial charge in [-0.1, -0.05) is 12.1 Å². The molecule has 0 fully saturated rings. The average Bonchev–Trinajstić information content (AvgIpc) is 2.16. The third-order valence-corrected chi connectivity index (χ3v) is 1.53. The summed E-state index contributed by atoms with van der Waals surface area (Å²) in [5, 5.41) is 10.3. The Morgan fingerprint density at radius 2 is 2.14 bits per heavy atom. The molecular weight excluding hydrogens is 189 g/mol. The molecule has 0 saturated carbocycles. The fourth-order valence-corrected chi connectivity index (χ4v) is 0.924. The van der Waals surface area contributed by atoms with Crippen LogP contribution >= 0.6 is 0 Å². The smallest absolute Gasteiger partial charge is 0.299 e. The van der Waals surface area contributed by atoms with Crippen LogP contribution in [0.1, 0.15) is 5.56 Å². The molecule has 0 radical (unpaired) electrons. The lowest BCUT2D eigenvalue weighted by Gasteiger charge is -1.95. The van der Waals surface area contributed by atoms with Crippen LogP contribution in [0, 0.1) is 15.9 Å². The lowest BCUT2D eigenvalue weighted by Crippen LogP contribution is -1.92. The predicted molar refractivity (Wildman–Crippen MR) is 48.2 cm³/mol. The van der Waals surface area contributed by atoms with E-state index in [2.05, 4.69) is 0 Å². The number of carbonyl (C=O) groups excluding carboxylic acids is 1. The zero-order chi connectivity index (χ0) is 10.6. The number of nitro groups is 1. The predicted octanol–water partition coefficient (Wildman–Crippen LogP) is 1.95. The van der Waals surface area contributed by atoms with E-state index >= 15 is 0 Å².